The highest BCUT2D eigenvalue weighted by atomic mass is 32.2. The van der Waals surface area contributed by atoms with E-state index in [2.05, 4.69) is 15.8 Å². The lowest BCUT2D eigenvalue weighted by atomic mass is 10.1. The molecule has 1 aromatic heterocycles. The van der Waals surface area contributed by atoms with Gasteiger partial charge in [-0.1, -0.05) is 36.4 Å². The number of sulfonamides is 1. The van der Waals surface area contributed by atoms with Gasteiger partial charge in [-0.3, -0.25) is 4.79 Å². The molecule has 2 N–H and O–H groups in total. The molecule has 6 nitrogen and oxygen atoms in total. The van der Waals surface area contributed by atoms with E-state index in [0.29, 0.717) is 25.1 Å². The van der Waals surface area contributed by atoms with Crippen molar-refractivity contribution in [3.05, 3.63) is 65.9 Å². The Labute approximate surface area is 165 Å². The zero-order valence-electron chi connectivity index (χ0n) is 16.1. The molecule has 0 saturated carbocycles. The Hall–Kier alpha value is -2.64. The van der Waals surface area contributed by atoms with Gasteiger partial charge in [-0.15, -0.1) is 0 Å². The van der Waals surface area contributed by atoms with E-state index in [1.165, 1.54) is 6.92 Å². The quantitative estimate of drug-likeness (QED) is 0.611. The zero-order chi connectivity index (χ0) is 20.1. The number of hydrogen-bond donors (Lipinski definition) is 2. The molecule has 0 atom stereocenters. The first kappa shape index (κ1) is 20.1. The number of H-pyrrole nitrogens is 1. The fraction of sp³-hybridized carbons (Fsp3) is 0.286. The molecule has 0 aliphatic heterocycles. The van der Waals surface area contributed by atoms with Crippen LogP contribution in [0.3, 0.4) is 0 Å². The topological polar surface area (TPSA) is 82.3 Å². The Morgan fingerprint density at radius 2 is 1.79 bits per heavy atom. The average molecular weight is 400 g/mol. The highest BCUT2D eigenvalue weighted by Crippen LogP contribution is 2.18. The van der Waals surface area contributed by atoms with Gasteiger partial charge in [0, 0.05) is 43.7 Å². The van der Waals surface area contributed by atoms with Crippen molar-refractivity contribution >= 4 is 26.8 Å². The minimum absolute atomic E-state index is 0.0741. The Kier molecular flexibility index (Phi) is 6.16. The molecule has 3 rings (SSSR count). The lowest BCUT2D eigenvalue weighted by molar-refractivity contribution is -0.128. The minimum atomic E-state index is -3.59. The molecular weight excluding hydrogens is 374 g/mol. The second-order valence-electron chi connectivity index (χ2n) is 6.78. The van der Waals surface area contributed by atoms with E-state index < -0.39 is 10.0 Å². The standard InChI is InChI=1S/C21H25N3O3S/c1-16-7-3-6-10-21(16)28(26,27)23-12-14-24(17(2)25)13-11-18-15-22-20-9-5-4-8-19(18)20/h3-10,15,22-23H,11-14H2,1-2H3. The predicted molar refractivity (Wildman–Crippen MR) is 111 cm³/mol. The average Bonchev–Trinajstić information content (AvgIpc) is 3.07. The van der Waals surface area contributed by atoms with Crippen molar-refractivity contribution in [1.29, 1.82) is 0 Å². The SMILES string of the molecule is CC(=O)N(CCNS(=O)(=O)c1ccccc1C)CCc1c[nH]c2ccccc12. The van der Waals surface area contributed by atoms with Crippen LogP contribution >= 0.6 is 0 Å². The van der Waals surface area contributed by atoms with Crippen LogP contribution in [0, 0.1) is 6.92 Å². The van der Waals surface area contributed by atoms with E-state index in [9.17, 15) is 13.2 Å². The Morgan fingerprint density at radius 1 is 1.07 bits per heavy atom. The fourth-order valence-electron chi connectivity index (χ4n) is 3.27. The van der Waals surface area contributed by atoms with Crippen LogP contribution < -0.4 is 4.72 Å². The van der Waals surface area contributed by atoms with Crippen molar-refractivity contribution in [2.24, 2.45) is 0 Å². The van der Waals surface area contributed by atoms with Crippen LogP contribution in [0.1, 0.15) is 18.1 Å². The third kappa shape index (κ3) is 4.61. The van der Waals surface area contributed by atoms with Gasteiger partial charge < -0.3 is 9.88 Å². The predicted octanol–water partition coefficient (Wildman–Crippen LogP) is 2.85. The summed E-state index contributed by atoms with van der Waals surface area (Å²) in [4.78, 5) is 17.2. The van der Waals surface area contributed by atoms with Crippen LogP contribution in [0.2, 0.25) is 0 Å². The largest absolute Gasteiger partial charge is 0.361 e. The third-order valence-corrected chi connectivity index (χ3v) is 6.45. The number of aromatic nitrogens is 1. The maximum atomic E-state index is 12.5. The van der Waals surface area contributed by atoms with Crippen molar-refractivity contribution in [3.8, 4) is 0 Å². The van der Waals surface area contributed by atoms with Crippen molar-refractivity contribution < 1.29 is 13.2 Å². The third-order valence-electron chi connectivity index (χ3n) is 4.83. The lowest BCUT2D eigenvalue weighted by Crippen LogP contribution is -2.38. The molecule has 0 fully saturated rings. The van der Waals surface area contributed by atoms with Gasteiger partial charge in [0.15, 0.2) is 0 Å². The molecule has 3 aromatic rings. The maximum absolute atomic E-state index is 12.5. The molecule has 0 bridgehead atoms. The summed E-state index contributed by atoms with van der Waals surface area (Å²) in [7, 11) is -3.59. The normalized spacial score (nSPS) is 11.6. The molecule has 148 valence electrons. The number of rotatable bonds is 8. The molecule has 0 aliphatic carbocycles. The number of benzene rings is 2. The minimum Gasteiger partial charge on any atom is -0.361 e. The molecule has 0 unspecified atom stereocenters. The van der Waals surface area contributed by atoms with Crippen molar-refractivity contribution in [2.45, 2.75) is 25.2 Å². The van der Waals surface area contributed by atoms with E-state index in [1.54, 1.807) is 36.1 Å². The van der Waals surface area contributed by atoms with Crippen molar-refractivity contribution in [1.82, 2.24) is 14.6 Å². The van der Waals surface area contributed by atoms with Crippen LogP contribution in [-0.4, -0.2) is 43.8 Å². The summed E-state index contributed by atoms with van der Waals surface area (Å²) >= 11 is 0. The van der Waals surface area contributed by atoms with Crippen molar-refractivity contribution in [2.75, 3.05) is 19.6 Å². The first-order valence-electron chi connectivity index (χ1n) is 9.24. The van der Waals surface area contributed by atoms with Gasteiger partial charge in [-0.25, -0.2) is 13.1 Å². The summed E-state index contributed by atoms with van der Waals surface area (Å²) in [6.45, 7) is 4.29. The maximum Gasteiger partial charge on any atom is 0.240 e. The van der Waals surface area contributed by atoms with E-state index in [0.717, 1.165) is 16.5 Å². The van der Waals surface area contributed by atoms with Crippen LogP contribution in [0.15, 0.2) is 59.6 Å². The second-order valence-corrected chi connectivity index (χ2v) is 8.51. The molecule has 0 saturated heterocycles. The highest BCUT2D eigenvalue weighted by molar-refractivity contribution is 7.89. The van der Waals surface area contributed by atoms with Gasteiger partial charge in [0.05, 0.1) is 4.90 Å². The second kappa shape index (κ2) is 8.58. The molecule has 0 spiro atoms. The fourth-order valence-corrected chi connectivity index (χ4v) is 4.54. The summed E-state index contributed by atoms with van der Waals surface area (Å²) in [6, 6.07) is 14.9. The van der Waals surface area contributed by atoms with E-state index in [4.69, 9.17) is 0 Å². The number of nitrogens with one attached hydrogen (secondary N) is 2. The molecular formula is C21H25N3O3S. The van der Waals surface area contributed by atoms with Gasteiger partial charge in [0.25, 0.3) is 0 Å². The van der Waals surface area contributed by atoms with Gasteiger partial charge in [0.2, 0.25) is 15.9 Å². The number of carbonyl (C=O) groups excluding carboxylic acids is 1. The summed E-state index contributed by atoms with van der Waals surface area (Å²) < 4.78 is 27.5. The number of carbonyl (C=O) groups is 1. The molecule has 28 heavy (non-hydrogen) atoms. The molecule has 1 amide bonds. The summed E-state index contributed by atoms with van der Waals surface area (Å²) in [5.41, 5.74) is 2.90. The Bertz CT molecular complexity index is 1070. The summed E-state index contributed by atoms with van der Waals surface area (Å²) in [5.74, 6) is -0.0741. The Balaban J connectivity index is 1.59. The van der Waals surface area contributed by atoms with Crippen molar-refractivity contribution in [3.63, 3.8) is 0 Å². The smallest absolute Gasteiger partial charge is 0.240 e. The van der Waals surface area contributed by atoms with Crippen LogP contribution in [-0.2, 0) is 21.2 Å². The van der Waals surface area contributed by atoms with Gasteiger partial charge in [-0.2, -0.15) is 0 Å². The number of nitrogens with zero attached hydrogens (tertiary/aromatic N) is 1. The lowest BCUT2D eigenvalue weighted by Gasteiger charge is -2.21. The molecule has 2 aromatic carbocycles. The molecule has 1 heterocycles. The number of aryl methyl sites for hydroxylation is 1. The van der Waals surface area contributed by atoms with Crippen LogP contribution in [0.4, 0.5) is 0 Å². The van der Waals surface area contributed by atoms with Crippen LogP contribution in [0.25, 0.3) is 10.9 Å². The molecule has 7 heteroatoms. The summed E-state index contributed by atoms with van der Waals surface area (Å²) in [5, 5.41) is 1.14. The van der Waals surface area contributed by atoms with Crippen LogP contribution in [0.5, 0.6) is 0 Å². The number of aromatic amines is 1. The zero-order valence-corrected chi connectivity index (χ0v) is 16.9. The van der Waals surface area contributed by atoms with E-state index in [-0.39, 0.29) is 17.3 Å². The Morgan fingerprint density at radius 3 is 2.54 bits per heavy atom. The number of hydrogen-bond acceptors (Lipinski definition) is 3. The molecule has 0 radical (unpaired) electrons. The summed E-state index contributed by atoms with van der Waals surface area (Å²) in [6.07, 6.45) is 2.66. The molecule has 0 aliphatic rings. The number of fused-ring (bicyclic) bond motifs is 1. The van der Waals surface area contributed by atoms with Gasteiger partial charge >= 0.3 is 0 Å². The number of amides is 1. The monoisotopic (exact) mass is 399 g/mol. The number of para-hydroxylation sites is 1. The first-order chi connectivity index (χ1) is 13.4. The van der Waals surface area contributed by atoms with E-state index >= 15 is 0 Å². The first-order valence-corrected chi connectivity index (χ1v) is 10.7. The van der Waals surface area contributed by atoms with E-state index in [1.807, 2.05) is 24.4 Å². The van der Waals surface area contributed by atoms with Gasteiger partial charge in [0.1, 0.15) is 0 Å². The van der Waals surface area contributed by atoms with Gasteiger partial charge in [-0.05, 0) is 36.6 Å². The highest BCUT2D eigenvalue weighted by Gasteiger charge is 2.17.